The van der Waals surface area contributed by atoms with E-state index in [0.717, 1.165) is 24.4 Å². The smallest absolute Gasteiger partial charge is 0.251 e. The van der Waals surface area contributed by atoms with Gasteiger partial charge in [-0.25, -0.2) is 9.36 Å². The van der Waals surface area contributed by atoms with Crippen LogP contribution in [0.2, 0.25) is 0 Å². The molecule has 0 atom stereocenters. The molecule has 29 heavy (non-hydrogen) atoms. The molecule has 0 amide bonds. The number of hydrogen-bond acceptors (Lipinski definition) is 5. The summed E-state index contributed by atoms with van der Waals surface area (Å²) in [7, 11) is 1.46. The molecule has 3 heterocycles. The molecule has 3 aromatic rings. The molecular formula is C21H24N6O2. The van der Waals surface area contributed by atoms with Crippen LogP contribution in [0.4, 0.5) is 0 Å². The fraction of sp³-hybridized carbons (Fsp3) is 0.238. The largest absolute Gasteiger partial charge is 0.491 e. The molecule has 8 heteroatoms. The highest BCUT2D eigenvalue weighted by Gasteiger charge is 2.18. The van der Waals surface area contributed by atoms with Gasteiger partial charge in [0.15, 0.2) is 11.4 Å². The van der Waals surface area contributed by atoms with Crippen LogP contribution < -0.4 is 10.2 Å². The van der Waals surface area contributed by atoms with Crippen LogP contribution in [0.5, 0.6) is 5.75 Å². The molecule has 3 aromatic heterocycles. The van der Waals surface area contributed by atoms with E-state index in [2.05, 4.69) is 28.8 Å². The second-order valence-corrected chi connectivity index (χ2v) is 6.23. The Morgan fingerprint density at radius 1 is 1.31 bits per heavy atom. The molecule has 0 unspecified atom stereocenters. The van der Waals surface area contributed by atoms with Crippen LogP contribution in [0, 0.1) is 0 Å². The Hall–Kier alpha value is -3.68. The quantitative estimate of drug-likeness (QED) is 0.550. The second-order valence-electron chi connectivity index (χ2n) is 6.23. The SMILES string of the molecule is C=C/C(=C\C=C/C)n1nccc1-c1nn(-c2cnn(CCC)c2)cc(OC)c1=O. The predicted octanol–water partition coefficient (Wildman–Crippen LogP) is 3.31. The Morgan fingerprint density at radius 3 is 2.83 bits per heavy atom. The highest BCUT2D eigenvalue weighted by Crippen LogP contribution is 2.21. The van der Waals surface area contributed by atoms with E-state index in [9.17, 15) is 4.79 Å². The number of rotatable bonds is 8. The molecule has 0 aliphatic rings. The molecule has 0 aromatic carbocycles. The van der Waals surface area contributed by atoms with E-state index in [-0.39, 0.29) is 16.9 Å². The van der Waals surface area contributed by atoms with Crippen LogP contribution >= 0.6 is 0 Å². The summed E-state index contributed by atoms with van der Waals surface area (Å²) in [5, 5.41) is 13.2. The fourth-order valence-electron chi connectivity index (χ4n) is 2.84. The van der Waals surface area contributed by atoms with Crippen LogP contribution in [0.15, 0.2) is 66.5 Å². The Labute approximate surface area is 169 Å². The van der Waals surface area contributed by atoms with Gasteiger partial charge in [-0.3, -0.25) is 9.48 Å². The van der Waals surface area contributed by atoms with Gasteiger partial charge in [-0.05, 0) is 31.6 Å². The van der Waals surface area contributed by atoms with Crippen molar-refractivity contribution in [3.8, 4) is 22.8 Å². The molecule has 0 N–H and O–H groups in total. The molecule has 8 nitrogen and oxygen atoms in total. The first-order chi connectivity index (χ1) is 14.1. The van der Waals surface area contributed by atoms with Gasteiger partial charge in [-0.15, -0.1) is 0 Å². The van der Waals surface area contributed by atoms with Crippen molar-refractivity contribution in [3.63, 3.8) is 0 Å². The van der Waals surface area contributed by atoms with Crippen LogP contribution in [0.1, 0.15) is 20.3 Å². The van der Waals surface area contributed by atoms with Gasteiger partial charge in [0.05, 0.1) is 43.3 Å². The lowest BCUT2D eigenvalue weighted by molar-refractivity contribution is 0.405. The molecule has 150 valence electrons. The van der Waals surface area contributed by atoms with E-state index in [1.807, 2.05) is 36.0 Å². The van der Waals surface area contributed by atoms with Crippen LogP contribution in [-0.4, -0.2) is 36.5 Å². The van der Waals surface area contributed by atoms with Crippen LogP contribution in [0.25, 0.3) is 22.8 Å². The first-order valence-corrected chi connectivity index (χ1v) is 9.33. The fourth-order valence-corrected chi connectivity index (χ4v) is 2.84. The van der Waals surface area contributed by atoms with Gasteiger partial charge in [0, 0.05) is 6.54 Å². The van der Waals surface area contributed by atoms with Crippen molar-refractivity contribution in [2.24, 2.45) is 0 Å². The minimum absolute atomic E-state index is 0.184. The van der Waals surface area contributed by atoms with Crippen molar-refractivity contribution in [3.05, 3.63) is 72.0 Å². The average Bonchev–Trinajstić information content (AvgIpc) is 3.39. The third-order valence-electron chi connectivity index (χ3n) is 4.24. The van der Waals surface area contributed by atoms with E-state index in [1.165, 1.54) is 7.11 Å². The van der Waals surface area contributed by atoms with E-state index < -0.39 is 0 Å². The normalized spacial score (nSPS) is 11.9. The zero-order valence-electron chi connectivity index (χ0n) is 16.8. The topological polar surface area (TPSA) is 79.8 Å². The first-order valence-electron chi connectivity index (χ1n) is 9.33. The zero-order chi connectivity index (χ0) is 20.8. The summed E-state index contributed by atoms with van der Waals surface area (Å²) in [6.07, 6.45) is 15.0. The number of hydrogen-bond donors (Lipinski definition) is 0. The van der Waals surface area contributed by atoms with Gasteiger partial charge < -0.3 is 4.74 Å². The summed E-state index contributed by atoms with van der Waals surface area (Å²) in [5.41, 5.74) is 1.89. The molecule has 0 spiro atoms. The third kappa shape index (κ3) is 4.11. The maximum atomic E-state index is 12.9. The molecule has 0 bridgehead atoms. The Kier molecular flexibility index (Phi) is 6.23. The van der Waals surface area contributed by atoms with Gasteiger partial charge in [-0.1, -0.05) is 25.7 Å². The van der Waals surface area contributed by atoms with E-state index >= 15 is 0 Å². The third-order valence-corrected chi connectivity index (χ3v) is 4.24. The van der Waals surface area contributed by atoms with E-state index in [0.29, 0.717) is 5.69 Å². The summed E-state index contributed by atoms with van der Waals surface area (Å²) >= 11 is 0. The molecule has 0 fully saturated rings. The molecule has 0 aliphatic carbocycles. The minimum Gasteiger partial charge on any atom is -0.491 e. The lowest BCUT2D eigenvalue weighted by Crippen LogP contribution is -2.17. The second kappa shape index (κ2) is 9.01. The highest BCUT2D eigenvalue weighted by atomic mass is 16.5. The van der Waals surface area contributed by atoms with Crippen molar-refractivity contribution in [2.45, 2.75) is 26.8 Å². The first kappa shape index (κ1) is 20.1. The predicted molar refractivity (Wildman–Crippen MR) is 113 cm³/mol. The van der Waals surface area contributed by atoms with Crippen molar-refractivity contribution in [2.75, 3.05) is 7.11 Å². The standard InChI is InChI=1S/C21H24N6O2/c1-5-8-9-16(7-3)27-18(10-11-22-27)20-21(28)19(29-4)15-26(24-20)17-13-23-25(14-17)12-6-2/h5,7-11,13-15H,3,6,12H2,1-2,4H3/b8-5-,16-9+. The molecule has 0 saturated carbocycles. The van der Waals surface area contributed by atoms with Gasteiger partial charge in [-0.2, -0.15) is 15.3 Å². The number of allylic oxidation sites excluding steroid dienone is 5. The minimum atomic E-state index is -0.319. The van der Waals surface area contributed by atoms with Crippen LogP contribution in [0.3, 0.4) is 0 Å². The number of methoxy groups -OCH3 is 1. The number of nitrogens with zero attached hydrogens (tertiary/aromatic N) is 6. The monoisotopic (exact) mass is 392 g/mol. The summed E-state index contributed by atoms with van der Waals surface area (Å²) in [4.78, 5) is 12.9. The van der Waals surface area contributed by atoms with Gasteiger partial charge in [0.2, 0.25) is 0 Å². The Balaban J connectivity index is 2.17. The average molecular weight is 392 g/mol. The molecule has 0 saturated heterocycles. The van der Waals surface area contributed by atoms with Crippen molar-refractivity contribution < 1.29 is 4.74 Å². The van der Waals surface area contributed by atoms with E-state index in [4.69, 9.17) is 4.74 Å². The summed E-state index contributed by atoms with van der Waals surface area (Å²) in [6.45, 7) is 8.65. The molecule has 0 aliphatic heterocycles. The summed E-state index contributed by atoms with van der Waals surface area (Å²) in [6, 6.07) is 1.74. The molecule has 3 rings (SSSR count). The number of ether oxygens (including phenoxy) is 1. The molecular weight excluding hydrogens is 368 g/mol. The number of aromatic nitrogens is 6. The maximum Gasteiger partial charge on any atom is 0.251 e. The lowest BCUT2D eigenvalue weighted by atomic mass is 10.2. The van der Waals surface area contributed by atoms with Gasteiger partial charge in [0.25, 0.3) is 5.43 Å². The van der Waals surface area contributed by atoms with Crippen molar-refractivity contribution >= 4 is 5.70 Å². The summed E-state index contributed by atoms with van der Waals surface area (Å²) in [5.74, 6) is 0.184. The Bertz CT molecular complexity index is 1120. The lowest BCUT2D eigenvalue weighted by Gasteiger charge is -2.11. The highest BCUT2D eigenvalue weighted by molar-refractivity contribution is 5.67. The summed E-state index contributed by atoms with van der Waals surface area (Å²) < 4.78 is 10.4. The van der Waals surface area contributed by atoms with Gasteiger partial charge >= 0.3 is 0 Å². The zero-order valence-corrected chi connectivity index (χ0v) is 16.8. The number of aryl methyl sites for hydroxylation is 1. The van der Waals surface area contributed by atoms with Crippen molar-refractivity contribution in [1.29, 1.82) is 0 Å². The van der Waals surface area contributed by atoms with Gasteiger partial charge in [0.1, 0.15) is 5.69 Å². The van der Waals surface area contributed by atoms with E-state index in [1.54, 1.807) is 40.1 Å². The molecule has 0 radical (unpaired) electrons. The van der Waals surface area contributed by atoms with Crippen molar-refractivity contribution in [1.82, 2.24) is 29.3 Å². The van der Waals surface area contributed by atoms with Crippen LogP contribution in [-0.2, 0) is 6.54 Å². The Morgan fingerprint density at radius 2 is 2.14 bits per heavy atom. The maximum absolute atomic E-state index is 12.9.